The molecule has 0 saturated heterocycles. The highest BCUT2D eigenvalue weighted by atomic mass is 16.5. The highest BCUT2D eigenvalue weighted by Crippen LogP contribution is 2.49. The molecule has 2 aliphatic carbocycles. The summed E-state index contributed by atoms with van der Waals surface area (Å²) in [6.45, 7) is 4.52. The number of benzene rings is 2. The first kappa shape index (κ1) is 25.0. The van der Waals surface area contributed by atoms with Crippen LogP contribution in [0.4, 0.5) is 5.69 Å². The van der Waals surface area contributed by atoms with E-state index in [-0.39, 0.29) is 23.7 Å². The summed E-state index contributed by atoms with van der Waals surface area (Å²) in [7, 11) is 0. The van der Waals surface area contributed by atoms with Crippen molar-refractivity contribution in [2.24, 2.45) is 11.8 Å². The van der Waals surface area contributed by atoms with Crippen LogP contribution in [-0.4, -0.2) is 28.6 Å². The van der Waals surface area contributed by atoms with Gasteiger partial charge in [-0.3, -0.25) is 14.6 Å². The smallest absolute Gasteiger partial charge is 0.307 e. The van der Waals surface area contributed by atoms with Crippen molar-refractivity contribution in [3.63, 3.8) is 0 Å². The Morgan fingerprint density at radius 3 is 2.51 bits per heavy atom. The van der Waals surface area contributed by atoms with Crippen molar-refractivity contribution in [2.75, 3.05) is 11.9 Å². The number of nitrogens with zero attached hydrogens (tertiary/aromatic N) is 1. The molecule has 3 aromatic rings. The van der Waals surface area contributed by atoms with Gasteiger partial charge in [-0.25, -0.2) is 0 Å². The Bertz CT molecular complexity index is 1280. The highest BCUT2D eigenvalue weighted by Gasteiger charge is 2.45. The number of carbonyl (C=O) groups excluding carboxylic acids is 1. The minimum atomic E-state index is -0.746. The van der Waals surface area contributed by atoms with Crippen molar-refractivity contribution in [3.8, 4) is 16.9 Å². The Kier molecular flexibility index (Phi) is 7.26. The molecule has 6 heteroatoms. The van der Waals surface area contributed by atoms with Gasteiger partial charge < -0.3 is 15.2 Å². The fourth-order valence-corrected chi connectivity index (χ4v) is 5.85. The van der Waals surface area contributed by atoms with Crippen molar-refractivity contribution in [1.29, 1.82) is 0 Å². The first-order valence-electron chi connectivity index (χ1n) is 13.3. The average molecular weight is 499 g/mol. The maximum Gasteiger partial charge on any atom is 0.307 e. The molecular formula is C31H34N2O4. The maximum absolute atomic E-state index is 13.8. The number of carboxylic acid groups (broad SMARTS) is 1. The topological polar surface area (TPSA) is 88.5 Å². The van der Waals surface area contributed by atoms with E-state index in [0.717, 1.165) is 64.9 Å². The van der Waals surface area contributed by atoms with E-state index in [4.69, 9.17) is 4.74 Å². The summed E-state index contributed by atoms with van der Waals surface area (Å²) in [4.78, 5) is 29.5. The number of rotatable bonds is 9. The third kappa shape index (κ3) is 5.38. The molecule has 1 aromatic heterocycles. The van der Waals surface area contributed by atoms with Crippen LogP contribution in [0.3, 0.4) is 0 Å². The minimum absolute atomic E-state index is 0.00508. The van der Waals surface area contributed by atoms with Crippen LogP contribution >= 0.6 is 0 Å². The van der Waals surface area contributed by atoms with Crippen molar-refractivity contribution in [2.45, 2.75) is 57.8 Å². The third-order valence-electron chi connectivity index (χ3n) is 7.92. The number of amides is 1. The zero-order valence-electron chi connectivity index (χ0n) is 21.4. The van der Waals surface area contributed by atoms with Gasteiger partial charge in [-0.15, -0.1) is 0 Å². The lowest BCUT2D eigenvalue weighted by molar-refractivity contribution is -0.138. The van der Waals surface area contributed by atoms with Crippen LogP contribution in [0, 0.1) is 18.8 Å². The molecule has 0 bridgehead atoms. The van der Waals surface area contributed by atoms with Gasteiger partial charge in [0.05, 0.1) is 24.6 Å². The van der Waals surface area contributed by atoms with Gasteiger partial charge in [-0.1, -0.05) is 49.2 Å². The summed E-state index contributed by atoms with van der Waals surface area (Å²) in [5.41, 5.74) is 5.79. The van der Waals surface area contributed by atoms with E-state index in [1.165, 1.54) is 0 Å². The number of ether oxygens (including phenoxy) is 1. The average Bonchev–Trinajstić information content (AvgIpc) is 3.53. The SMILES string of the molecule is CCOc1cncc(-c2ccc(C(C(=O)Nc3cccc(C4CC4C(=O)O)c3C)C3CCCC3)cc2)c1. The number of aromatic nitrogens is 1. The molecule has 37 heavy (non-hydrogen) atoms. The van der Waals surface area contributed by atoms with E-state index < -0.39 is 5.97 Å². The lowest BCUT2D eigenvalue weighted by Crippen LogP contribution is -2.27. The summed E-state index contributed by atoms with van der Waals surface area (Å²) >= 11 is 0. The summed E-state index contributed by atoms with van der Waals surface area (Å²) < 4.78 is 5.60. The van der Waals surface area contributed by atoms with Gasteiger partial charge in [0.1, 0.15) is 5.75 Å². The summed E-state index contributed by atoms with van der Waals surface area (Å²) in [6.07, 6.45) is 8.58. The molecule has 2 N–H and O–H groups in total. The second-order valence-electron chi connectivity index (χ2n) is 10.3. The molecule has 1 amide bonds. The predicted octanol–water partition coefficient (Wildman–Crippen LogP) is 6.56. The normalized spacial score (nSPS) is 19.8. The Balaban J connectivity index is 1.38. The lowest BCUT2D eigenvalue weighted by Gasteiger charge is -2.24. The molecule has 192 valence electrons. The summed E-state index contributed by atoms with van der Waals surface area (Å²) in [5.74, 6) is -0.223. The molecule has 5 rings (SSSR count). The molecule has 2 saturated carbocycles. The molecule has 2 aliphatic rings. The maximum atomic E-state index is 13.8. The Morgan fingerprint density at radius 1 is 1.08 bits per heavy atom. The molecule has 3 atom stereocenters. The van der Waals surface area contributed by atoms with Crippen LogP contribution < -0.4 is 10.1 Å². The van der Waals surface area contributed by atoms with E-state index in [1.54, 1.807) is 6.20 Å². The van der Waals surface area contributed by atoms with E-state index in [2.05, 4.69) is 34.6 Å². The van der Waals surface area contributed by atoms with Crippen LogP contribution in [0.2, 0.25) is 0 Å². The Morgan fingerprint density at radius 2 is 1.84 bits per heavy atom. The molecule has 6 nitrogen and oxygen atoms in total. The summed E-state index contributed by atoms with van der Waals surface area (Å²) in [5, 5.41) is 12.6. The molecule has 2 aromatic carbocycles. The molecule has 0 spiro atoms. The Hall–Kier alpha value is -3.67. The number of hydrogen-bond acceptors (Lipinski definition) is 4. The first-order valence-corrected chi connectivity index (χ1v) is 13.3. The van der Waals surface area contributed by atoms with Crippen molar-refractivity contribution in [1.82, 2.24) is 4.98 Å². The third-order valence-corrected chi connectivity index (χ3v) is 7.92. The van der Waals surface area contributed by atoms with Crippen LogP contribution in [0.1, 0.15) is 67.6 Å². The number of pyridine rings is 1. The molecular weight excluding hydrogens is 464 g/mol. The number of carbonyl (C=O) groups is 2. The minimum Gasteiger partial charge on any atom is -0.492 e. The molecule has 3 unspecified atom stereocenters. The Labute approximate surface area is 218 Å². The van der Waals surface area contributed by atoms with Gasteiger partial charge in [-0.05, 0) is 79.3 Å². The van der Waals surface area contributed by atoms with Gasteiger partial charge in [-0.2, -0.15) is 0 Å². The first-order chi connectivity index (χ1) is 18.0. The van der Waals surface area contributed by atoms with Crippen LogP contribution in [0.15, 0.2) is 60.9 Å². The van der Waals surface area contributed by atoms with Crippen LogP contribution in [0.5, 0.6) is 5.75 Å². The number of carboxylic acids is 1. The fourth-order valence-electron chi connectivity index (χ4n) is 5.85. The quantitative estimate of drug-likeness (QED) is 0.349. The second-order valence-corrected chi connectivity index (χ2v) is 10.3. The summed E-state index contributed by atoms with van der Waals surface area (Å²) in [6, 6.07) is 16.1. The molecule has 2 fully saturated rings. The molecule has 0 aliphatic heterocycles. The van der Waals surface area contributed by atoms with Crippen molar-refractivity contribution in [3.05, 3.63) is 77.6 Å². The standard InChI is InChI=1S/C31H34N2O4/c1-3-37-24-15-23(17-32-18-24)20-11-13-22(14-12-20)29(21-7-4-5-8-21)30(34)33-28-10-6-9-25(19(28)2)26-16-27(26)31(35)36/h6,9-15,17-18,21,26-27,29H,3-5,7-8,16H2,1-2H3,(H,33,34)(H,35,36). The number of hydrogen-bond donors (Lipinski definition) is 2. The van der Waals surface area contributed by atoms with E-state index in [0.29, 0.717) is 18.9 Å². The van der Waals surface area contributed by atoms with Gasteiger partial charge in [0.2, 0.25) is 5.91 Å². The fraction of sp³-hybridized carbons (Fsp3) is 0.387. The van der Waals surface area contributed by atoms with E-state index >= 15 is 0 Å². The van der Waals surface area contributed by atoms with Crippen molar-refractivity contribution >= 4 is 17.6 Å². The van der Waals surface area contributed by atoms with Gasteiger partial charge in [0.15, 0.2) is 0 Å². The monoisotopic (exact) mass is 498 g/mol. The highest BCUT2D eigenvalue weighted by molar-refractivity contribution is 5.97. The van der Waals surface area contributed by atoms with Gasteiger partial charge in [0.25, 0.3) is 0 Å². The van der Waals surface area contributed by atoms with Gasteiger partial charge in [0, 0.05) is 17.4 Å². The number of aliphatic carboxylic acids is 1. The van der Waals surface area contributed by atoms with Crippen LogP contribution in [-0.2, 0) is 9.59 Å². The zero-order chi connectivity index (χ0) is 25.9. The second kappa shape index (κ2) is 10.8. The number of anilines is 1. The van der Waals surface area contributed by atoms with Crippen LogP contribution in [0.25, 0.3) is 11.1 Å². The molecule has 1 heterocycles. The number of nitrogens with one attached hydrogen (secondary N) is 1. The lowest BCUT2D eigenvalue weighted by atomic mass is 9.83. The zero-order valence-corrected chi connectivity index (χ0v) is 21.4. The van der Waals surface area contributed by atoms with E-state index in [9.17, 15) is 14.7 Å². The largest absolute Gasteiger partial charge is 0.492 e. The van der Waals surface area contributed by atoms with Gasteiger partial charge >= 0.3 is 5.97 Å². The predicted molar refractivity (Wildman–Crippen MR) is 144 cm³/mol. The molecule has 0 radical (unpaired) electrons. The van der Waals surface area contributed by atoms with Crippen molar-refractivity contribution < 1.29 is 19.4 Å². The van der Waals surface area contributed by atoms with E-state index in [1.807, 2.05) is 44.3 Å².